The zero-order valence-electron chi connectivity index (χ0n) is 13.9. The van der Waals surface area contributed by atoms with Crippen molar-refractivity contribution in [2.75, 3.05) is 10.2 Å². The van der Waals surface area contributed by atoms with Crippen molar-refractivity contribution >= 4 is 34.8 Å². The number of halogens is 1. The predicted octanol–water partition coefficient (Wildman–Crippen LogP) is 4.01. The first-order valence-electron chi connectivity index (χ1n) is 7.83. The van der Waals surface area contributed by atoms with Crippen molar-refractivity contribution < 1.29 is 9.59 Å². The van der Waals surface area contributed by atoms with E-state index in [-0.39, 0.29) is 18.2 Å². The first-order valence-corrected chi connectivity index (χ1v) is 8.21. The molecule has 1 fully saturated rings. The Morgan fingerprint density at radius 2 is 1.75 bits per heavy atom. The van der Waals surface area contributed by atoms with Gasteiger partial charge in [0.2, 0.25) is 5.91 Å². The summed E-state index contributed by atoms with van der Waals surface area (Å²) in [5.74, 6) is -0.412. The highest BCUT2D eigenvalue weighted by molar-refractivity contribution is 6.31. The van der Waals surface area contributed by atoms with Gasteiger partial charge in [0.15, 0.2) is 0 Å². The molecule has 0 radical (unpaired) electrons. The summed E-state index contributed by atoms with van der Waals surface area (Å²) in [6.45, 7) is 5.85. The molecule has 4 nitrogen and oxygen atoms in total. The molecule has 2 aromatic rings. The molecule has 1 aliphatic rings. The Labute approximate surface area is 146 Å². The highest BCUT2D eigenvalue weighted by Gasteiger charge is 2.40. The Morgan fingerprint density at radius 1 is 1.08 bits per heavy atom. The molecule has 3 rings (SSSR count). The third-order valence-electron chi connectivity index (χ3n) is 4.17. The second kappa shape index (κ2) is 6.29. The number of hydrogen-bond donors (Lipinski definition) is 1. The van der Waals surface area contributed by atoms with E-state index in [1.165, 1.54) is 4.90 Å². The fourth-order valence-electron chi connectivity index (χ4n) is 3.28. The monoisotopic (exact) mass is 342 g/mol. The molecule has 124 valence electrons. The molecule has 1 heterocycles. The Morgan fingerprint density at radius 3 is 2.38 bits per heavy atom. The molecule has 5 heteroatoms. The van der Waals surface area contributed by atoms with Gasteiger partial charge in [0.25, 0.3) is 5.91 Å². The molecular formula is C19H19ClN2O2. The Bertz CT molecular complexity index is 809. The first-order chi connectivity index (χ1) is 11.4. The minimum atomic E-state index is -0.573. The van der Waals surface area contributed by atoms with E-state index in [0.717, 1.165) is 22.4 Å². The van der Waals surface area contributed by atoms with Gasteiger partial charge in [-0.1, -0.05) is 35.4 Å². The molecule has 1 atom stereocenters. The largest absolute Gasteiger partial charge is 0.373 e. The van der Waals surface area contributed by atoms with Crippen LogP contribution in [-0.2, 0) is 9.59 Å². The SMILES string of the molecule is Cc1cc(C)c(N2C(=O)C[C@@H](Nc3cccc(Cl)c3)C2=O)c(C)c1. The third-order valence-corrected chi connectivity index (χ3v) is 4.41. The quantitative estimate of drug-likeness (QED) is 0.857. The van der Waals surface area contributed by atoms with E-state index in [4.69, 9.17) is 11.6 Å². The van der Waals surface area contributed by atoms with Gasteiger partial charge >= 0.3 is 0 Å². The molecular weight excluding hydrogens is 324 g/mol. The van der Waals surface area contributed by atoms with Crippen molar-refractivity contribution in [1.82, 2.24) is 0 Å². The van der Waals surface area contributed by atoms with Gasteiger partial charge in [-0.2, -0.15) is 0 Å². The molecule has 2 aromatic carbocycles. The van der Waals surface area contributed by atoms with Gasteiger partial charge in [-0.25, -0.2) is 4.90 Å². The van der Waals surface area contributed by atoms with Crippen LogP contribution in [0.2, 0.25) is 5.02 Å². The Hall–Kier alpha value is -2.33. The molecule has 0 aliphatic carbocycles. The van der Waals surface area contributed by atoms with Gasteiger partial charge in [-0.05, 0) is 50.1 Å². The zero-order valence-corrected chi connectivity index (χ0v) is 14.6. The molecule has 0 saturated carbocycles. The van der Waals surface area contributed by atoms with Gasteiger partial charge in [-0.3, -0.25) is 9.59 Å². The highest BCUT2D eigenvalue weighted by atomic mass is 35.5. The highest BCUT2D eigenvalue weighted by Crippen LogP contribution is 2.31. The lowest BCUT2D eigenvalue weighted by molar-refractivity contribution is -0.121. The summed E-state index contributed by atoms with van der Waals surface area (Å²) in [4.78, 5) is 26.6. The van der Waals surface area contributed by atoms with Gasteiger partial charge in [0.1, 0.15) is 6.04 Å². The van der Waals surface area contributed by atoms with Gasteiger partial charge in [0.05, 0.1) is 12.1 Å². The van der Waals surface area contributed by atoms with Crippen LogP contribution >= 0.6 is 11.6 Å². The van der Waals surface area contributed by atoms with Crippen LogP contribution in [0.4, 0.5) is 11.4 Å². The van der Waals surface area contributed by atoms with Crippen molar-refractivity contribution in [1.29, 1.82) is 0 Å². The van der Waals surface area contributed by atoms with Crippen LogP contribution in [0, 0.1) is 20.8 Å². The molecule has 1 N–H and O–H groups in total. The molecule has 1 aliphatic heterocycles. The molecule has 0 aromatic heterocycles. The Kier molecular flexibility index (Phi) is 4.33. The molecule has 0 unspecified atom stereocenters. The maximum atomic E-state index is 12.8. The predicted molar refractivity (Wildman–Crippen MR) is 96.6 cm³/mol. The fourth-order valence-corrected chi connectivity index (χ4v) is 3.47. The smallest absolute Gasteiger partial charge is 0.256 e. The summed E-state index contributed by atoms with van der Waals surface area (Å²) in [5, 5.41) is 3.70. The van der Waals surface area contributed by atoms with Gasteiger partial charge in [-0.15, -0.1) is 0 Å². The number of anilines is 2. The summed E-state index contributed by atoms with van der Waals surface area (Å²) < 4.78 is 0. The summed E-state index contributed by atoms with van der Waals surface area (Å²) >= 11 is 5.97. The second-order valence-corrected chi connectivity index (χ2v) is 6.66. The lowest BCUT2D eigenvalue weighted by Gasteiger charge is -2.21. The van der Waals surface area contributed by atoms with Crippen LogP contribution < -0.4 is 10.2 Å². The van der Waals surface area contributed by atoms with Crippen molar-refractivity contribution in [3.8, 4) is 0 Å². The Balaban J connectivity index is 1.90. The maximum absolute atomic E-state index is 12.8. The van der Waals surface area contributed by atoms with Crippen LogP contribution in [0.5, 0.6) is 0 Å². The number of nitrogens with zero attached hydrogens (tertiary/aromatic N) is 1. The fraction of sp³-hybridized carbons (Fsp3) is 0.263. The van der Waals surface area contributed by atoms with Crippen molar-refractivity contribution in [3.63, 3.8) is 0 Å². The second-order valence-electron chi connectivity index (χ2n) is 6.23. The van der Waals surface area contributed by atoms with Crippen molar-refractivity contribution in [3.05, 3.63) is 58.1 Å². The number of carbonyl (C=O) groups excluding carboxylic acids is 2. The summed E-state index contributed by atoms with van der Waals surface area (Å²) in [6, 6.07) is 10.5. The summed E-state index contributed by atoms with van der Waals surface area (Å²) in [5.41, 5.74) is 4.40. The van der Waals surface area contributed by atoms with Crippen LogP contribution in [0.1, 0.15) is 23.1 Å². The molecule has 1 saturated heterocycles. The van der Waals surface area contributed by atoms with Crippen LogP contribution in [0.3, 0.4) is 0 Å². The van der Waals surface area contributed by atoms with Gasteiger partial charge < -0.3 is 5.32 Å². The van der Waals surface area contributed by atoms with E-state index >= 15 is 0 Å². The number of benzene rings is 2. The van der Waals surface area contributed by atoms with E-state index in [1.807, 2.05) is 39.0 Å². The first kappa shape index (κ1) is 16.5. The van der Waals surface area contributed by atoms with E-state index in [2.05, 4.69) is 5.32 Å². The molecule has 0 spiro atoms. The van der Waals surface area contributed by atoms with Gasteiger partial charge in [0, 0.05) is 10.7 Å². The molecule has 24 heavy (non-hydrogen) atoms. The van der Waals surface area contributed by atoms with Crippen LogP contribution in [0.15, 0.2) is 36.4 Å². The summed E-state index contributed by atoms with van der Waals surface area (Å²) in [7, 11) is 0. The lowest BCUT2D eigenvalue weighted by atomic mass is 10.0. The molecule has 2 amide bonds. The number of imide groups is 1. The standard InChI is InChI=1S/C19H19ClN2O2/c1-11-7-12(2)18(13(3)8-11)22-17(23)10-16(19(22)24)21-15-6-4-5-14(20)9-15/h4-9,16,21H,10H2,1-3H3/t16-/m1/s1. The van der Waals surface area contributed by atoms with E-state index in [0.29, 0.717) is 10.7 Å². The normalized spacial score (nSPS) is 17.5. The zero-order chi connectivity index (χ0) is 17.4. The third kappa shape index (κ3) is 3.02. The van der Waals surface area contributed by atoms with E-state index in [9.17, 15) is 9.59 Å². The van der Waals surface area contributed by atoms with Crippen LogP contribution in [-0.4, -0.2) is 17.9 Å². The van der Waals surface area contributed by atoms with E-state index < -0.39 is 6.04 Å². The number of aryl methyl sites for hydroxylation is 3. The number of rotatable bonds is 3. The van der Waals surface area contributed by atoms with Crippen molar-refractivity contribution in [2.24, 2.45) is 0 Å². The number of carbonyl (C=O) groups is 2. The summed E-state index contributed by atoms with van der Waals surface area (Å²) in [6.07, 6.45) is 0.137. The number of nitrogens with one attached hydrogen (secondary N) is 1. The number of amides is 2. The minimum Gasteiger partial charge on any atom is -0.373 e. The average molecular weight is 343 g/mol. The minimum absolute atomic E-state index is 0.137. The van der Waals surface area contributed by atoms with E-state index in [1.54, 1.807) is 18.2 Å². The topological polar surface area (TPSA) is 49.4 Å². The maximum Gasteiger partial charge on any atom is 0.256 e. The van der Waals surface area contributed by atoms with Crippen molar-refractivity contribution in [2.45, 2.75) is 33.2 Å². The average Bonchev–Trinajstić information content (AvgIpc) is 2.74. The number of hydrogen-bond acceptors (Lipinski definition) is 3. The molecule has 0 bridgehead atoms. The van der Waals surface area contributed by atoms with Crippen LogP contribution in [0.25, 0.3) is 0 Å². The lowest BCUT2D eigenvalue weighted by Crippen LogP contribution is -2.35.